The molecule has 1 aliphatic heterocycles. The van der Waals surface area contributed by atoms with Crippen LogP contribution in [-0.4, -0.2) is 55.5 Å². The number of benzene rings is 2. The summed E-state index contributed by atoms with van der Waals surface area (Å²) in [6, 6.07) is 20.1. The van der Waals surface area contributed by atoms with Crippen molar-refractivity contribution in [3.63, 3.8) is 0 Å². The molecule has 4 aromatic rings. The van der Waals surface area contributed by atoms with Gasteiger partial charge in [0, 0.05) is 42.7 Å². The Balaban J connectivity index is 1.27. The Bertz CT molecular complexity index is 1210. The van der Waals surface area contributed by atoms with Crippen molar-refractivity contribution < 1.29 is 9.53 Å². The molecule has 5 rings (SSSR count). The molecule has 1 aliphatic rings. The molecule has 3 heterocycles. The van der Waals surface area contributed by atoms with E-state index in [9.17, 15) is 4.79 Å². The SMILES string of the molecule is COc1ccc(C(=O)CN2CCN(c3ccc4cccc(-c5ccsc5)c4n3)CC2)cc1. The van der Waals surface area contributed by atoms with Crippen LogP contribution in [0.4, 0.5) is 5.82 Å². The number of hydrogen-bond donors (Lipinski definition) is 0. The van der Waals surface area contributed by atoms with Crippen molar-refractivity contribution in [3.05, 3.63) is 77.0 Å². The largest absolute Gasteiger partial charge is 0.497 e. The van der Waals surface area contributed by atoms with Gasteiger partial charge in [0.2, 0.25) is 0 Å². The van der Waals surface area contributed by atoms with Gasteiger partial charge < -0.3 is 9.64 Å². The Morgan fingerprint density at radius 2 is 1.81 bits per heavy atom. The van der Waals surface area contributed by atoms with E-state index in [4.69, 9.17) is 9.72 Å². The fraction of sp³-hybridized carbons (Fsp3) is 0.231. The van der Waals surface area contributed by atoms with Crippen molar-refractivity contribution in [3.8, 4) is 16.9 Å². The molecule has 0 spiro atoms. The summed E-state index contributed by atoms with van der Waals surface area (Å²) in [7, 11) is 1.63. The number of anilines is 1. The molecule has 0 unspecified atom stereocenters. The average Bonchev–Trinajstić information content (AvgIpc) is 3.39. The Kier molecular flexibility index (Phi) is 5.88. The van der Waals surface area contributed by atoms with E-state index in [2.05, 4.69) is 57.0 Å². The molecule has 1 fully saturated rings. The van der Waals surface area contributed by atoms with Gasteiger partial charge in [-0.3, -0.25) is 9.69 Å². The number of ketones is 1. The van der Waals surface area contributed by atoms with Crippen molar-refractivity contribution in [2.24, 2.45) is 0 Å². The summed E-state index contributed by atoms with van der Waals surface area (Å²) >= 11 is 1.70. The quantitative estimate of drug-likeness (QED) is 0.394. The zero-order valence-corrected chi connectivity index (χ0v) is 18.8. The van der Waals surface area contributed by atoms with Gasteiger partial charge in [0.25, 0.3) is 0 Å². The topological polar surface area (TPSA) is 45.7 Å². The minimum absolute atomic E-state index is 0.144. The van der Waals surface area contributed by atoms with Crippen LogP contribution in [0.1, 0.15) is 10.4 Å². The normalized spacial score (nSPS) is 14.6. The number of piperazine rings is 1. The number of pyridine rings is 1. The van der Waals surface area contributed by atoms with Crippen molar-refractivity contribution in [2.45, 2.75) is 0 Å². The molecule has 0 N–H and O–H groups in total. The molecule has 0 aliphatic carbocycles. The second-order valence-corrected chi connectivity index (χ2v) is 8.75. The Hall–Kier alpha value is -3.22. The highest BCUT2D eigenvalue weighted by molar-refractivity contribution is 7.08. The van der Waals surface area contributed by atoms with Crippen molar-refractivity contribution >= 4 is 33.8 Å². The van der Waals surface area contributed by atoms with Gasteiger partial charge in [-0.15, -0.1) is 0 Å². The minimum Gasteiger partial charge on any atom is -0.497 e. The van der Waals surface area contributed by atoms with E-state index in [0.29, 0.717) is 6.54 Å². The summed E-state index contributed by atoms with van der Waals surface area (Å²) in [6.07, 6.45) is 0. The smallest absolute Gasteiger partial charge is 0.176 e. The zero-order chi connectivity index (χ0) is 21.9. The molecule has 0 atom stereocenters. The lowest BCUT2D eigenvalue weighted by Crippen LogP contribution is -2.48. The van der Waals surface area contributed by atoms with E-state index in [1.165, 1.54) is 11.1 Å². The summed E-state index contributed by atoms with van der Waals surface area (Å²) in [5.41, 5.74) is 4.16. The molecule has 0 saturated carbocycles. The van der Waals surface area contributed by atoms with E-state index in [1.807, 2.05) is 24.3 Å². The Morgan fingerprint density at radius 3 is 2.53 bits per heavy atom. The van der Waals surface area contributed by atoms with Crippen LogP contribution in [0.25, 0.3) is 22.0 Å². The lowest BCUT2D eigenvalue weighted by Gasteiger charge is -2.35. The third-order valence-electron chi connectivity index (χ3n) is 6.01. The highest BCUT2D eigenvalue weighted by atomic mass is 32.1. The molecule has 6 heteroatoms. The number of ether oxygens (including phenoxy) is 1. The monoisotopic (exact) mass is 443 g/mol. The van der Waals surface area contributed by atoms with Crippen LogP contribution in [0, 0.1) is 0 Å². The first-order chi connectivity index (χ1) is 15.7. The van der Waals surface area contributed by atoms with Gasteiger partial charge in [-0.1, -0.05) is 18.2 Å². The third-order valence-corrected chi connectivity index (χ3v) is 6.70. The van der Waals surface area contributed by atoms with Crippen LogP contribution in [0.5, 0.6) is 5.75 Å². The van der Waals surface area contributed by atoms with Gasteiger partial charge in [0.15, 0.2) is 5.78 Å². The summed E-state index contributed by atoms with van der Waals surface area (Å²) in [5, 5.41) is 5.42. The molecule has 2 aromatic heterocycles. The van der Waals surface area contributed by atoms with Crippen LogP contribution in [0.15, 0.2) is 71.4 Å². The van der Waals surface area contributed by atoms with Gasteiger partial charge in [0.05, 0.1) is 19.2 Å². The number of rotatable bonds is 6. The average molecular weight is 444 g/mol. The van der Waals surface area contributed by atoms with Crippen LogP contribution >= 0.6 is 11.3 Å². The summed E-state index contributed by atoms with van der Waals surface area (Å²) < 4.78 is 5.18. The Morgan fingerprint density at radius 1 is 1.00 bits per heavy atom. The third kappa shape index (κ3) is 4.24. The second kappa shape index (κ2) is 9.10. The number of fused-ring (bicyclic) bond motifs is 1. The molecular weight excluding hydrogens is 418 g/mol. The number of carbonyl (C=O) groups is 1. The zero-order valence-electron chi connectivity index (χ0n) is 18.0. The maximum absolute atomic E-state index is 12.7. The number of para-hydroxylation sites is 1. The van der Waals surface area contributed by atoms with Crippen LogP contribution in [-0.2, 0) is 0 Å². The maximum Gasteiger partial charge on any atom is 0.176 e. The van der Waals surface area contributed by atoms with Crippen LogP contribution in [0.3, 0.4) is 0 Å². The van der Waals surface area contributed by atoms with E-state index < -0.39 is 0 Å². The van der Waals surface area contributed by atoms with Crippen LogP contribution < -0.4 is 9.64 Å². The Labute approximate surface area is 191 Å². The first-order valence-electron chi connectivity index (χ1n) is 10.8. The molecule has 32 heavy (non-hydrogen) atoms. The molecule has 0 bridgehead atoms. The number of thiophene rings is 1. The fourth-order valence-corrected chi connectivity index (χ4v) is 4.83. The molecule has 0 radical (unpaired) electrons. The number of aromatic nitrogens is 1. The standard InChI is InChI=1S/C26H25N3O2S/c1-31-22-8-5-19(6-9-22)24(30)17-28-12-14-29(15-13-28)25-10-7-20-3-2-4-23(26(20)27-25)21-11-16-32-18-21/h2-11,16,18H,12-15,17H2,1H3. The predicted molar refractivity (Wildman–Crippen MR) is 131 cm³/mol. The lowest BCUT2D eigenvalue weighted by atomic mass is 10.0. The van der Waals surface area contributed by atoms with Crippen molar-refractivity contribution in [1.82, 2.24) is 9.88 Å². The van der Waals surface area contributed by atoms with Crippen molar-refractivity contribution in [1.29, 1.82) is 0 Å². The van der Waals surface area contributed by atoms with E-state index in [0.717, 1.165) is 54.2 Å². The lowest BCUT2D eigenvalue weighted by molar-refractivity contribution is 0.0926. The minimum atomic E-state index is 0.144. The number of methoxy groups -OCH3 is 1. The maximum atomic E-state index is 12.7. The number of Topliss-reactive ketones (excluding diaryl/α,β-unsaturated/α-hetero) is 1. The van der Waals surface area contributed by atoms with Crippen molar-refractivity contribution in [2.75, 3.05) is 44.7 Å². The number of carbonyl (C=O) groups excluding carboxylic acids is 1. The van der Waals surface area contributed by atoms with Gasteiger partial charge >= 0.3 is 0 Å². The molecular formula is C26H25N3O2S. The molecule has 0 amide bonds. The van der Waals surface area contributed by atoms with Gasteiger partial charge in [-0.25, -0.2) is 4.98 Å². The number of hydrogen-bond acceptors (Lipinski definition) is 6. The number of nitrogens with zero attached hydrogens (tertiary/aromatic N) is 3. The van der Waals surface area contributed by atoms with Gasteiger partial charge in [-0.2, -0.15) is 11.3 Å². The van der Waals surface area contributed by atoms with E-state index >= 15 is 0 Å². The highest BCUT2D eigenvalue weighted by Gasteiger charge is 2.21. The molecule has 5 nitrogen and oxygen atoms in total. The fourth-order valence-electron chi connectivity index (χ4n) is 4.17. The highest BCUT2D eigenvalue weighted by Crippen LogP contribution is 2.30. The molecule has 2 aromatic carbocycles. The van der Waals surface area contributed by atoms with Gasteiger partial charge in [0.1, 0.15) is 11.6 Å². The van der Waals surface area contributed by atoms with E-state index in [-0.39, 0.29) is 5.78 Å². The first kappa shape index (κ1) is 20.7. The summed E-state index contributed by atoms with van der Waals surface area (Å²) in [5.74, 6) is 1.91. The van der Waals surface area contributed by atoms with Gasteiger partial charge in [-0.05, 0) is 58.8 Å². The predicted octanol–water partition coefficient (Wildman–Crippen LogP) is 4.98. The summed E-state index contributed by atoms with van der Waals surface area (Å²) in [6.45, 7) is 3.83. The summed E-state index contributed by atoms with van der Waals surface area (Å²) in [4.78, 5) is 22.2. The first-order valence-corrected chi connectivity index (χ1v) is 11.7. The second-order valence-electron chi connectivity index (χ2n) is 7.97. The van der Waals surface area contributed by atoms with Crippen LogP contribution in [0.2, 0.25) is 0 Å². The molecule has 1 saturated heterocycles. The van der Waals surface area contributed by atoms with E-state index in [1.54, 1.807) is 18.4 Å². The molecule has 162 valence electrons.